The van der Waals surface area contributed by atoms with E-state index in [1.54, 1.807) is 0 Å². The molecule has 0 saturated heterocycles. The molecule has 2 aromatic carbocycles. The molecule has 0 aliphatic rings. The van der Waals surface area contributed by atoms with E-state index in [-0.39, 0.29) is 41.6 Å². The van der Waals surface area contributed by atoms with Crippen molar-refractivity contribution in [2.24, 2.45) is 0 Å². The van der Waals surface area contributed by atoms with Crippen LogP contribution in [0.1, 0.15) is 11.1 Å². The Labute approximate surface area is 216 Å². The van der Waals surface area contributed by atoms with Crippen molar-refractivity contribution in [2.45, 2.75) is 13.1 Å². The van der Waals surface area contributed by atoms with Gasteiger partial charge < -0.3 is 33.9 Å². The van der Waals surface area contributed by atoms with E-state index in [0.29, 0.717) is 0 Å². The quantitative estimate of drug-likeness (QED) is 0.286. The van der Waals surface area contributed by atoms with Gasteiger partial charge in [-0.1, -0.05) is 66.7 Å². The Balaban J connectivity index is 0.00000128. The molecule has 0 atom stereocenters. The van der Waals surface area contributed by atoms with Gasteiger partial charge in [0.1, 0.15) is 11.4 Å². The van der Waals surface area contributed by atoms with Crippen LogP contribution < -0.4 is 24.8 Å². The second-order valence-electron chi connectivity index (χ2n) is 7.14. The zero-order valence-corrected chi connectivity index (χ0v) is 20.1. The molecule has 0 N–H and O–H groups in total. The van der Waals surface area contributed by atoms with E-state index in [4.69, 9.17) is 4.98 Å². The molecule has 33 heavy (non-hydrogen) atoms. The van der Waals surface area contributed by atoms with Crippen LogP contribution in [0.4, 0.5) is 0 Å². The number of pyridine rings is 1. The van der Waals surface area contributed by atoms with Crippen LogP contribution in [0.3, 0.4) is 0 Å². The number of benzene rings is 2. The molecule has 0 amide bonds. The van der Waals surface area contributed by atoms with E-state index in [9.17, 15) is 0 Å². The SMILES string of the molecule is [Cl-].[Cl-].[Co+2].c1ccc(Cn2ccnc2-c2cccc(-c3nccn3Cc3ccccc3)n2)cc1. The Kier molecular flexibility index (Phi) is 9.87. The van der Waals surface area contributed by atoms with Gasteiger partial charge in [-0.3, -0.25) is 0 Å². The van der Waals surface area contributed by atoms with E-state index in [0.717, 1.165) is 36.1 Å². The summed E-state index contributed by atoms with van der Waals surface area (Å²) >= 11 is 0. The molecule has 0 aliphatic heterocycles. The maximum absolute atomic E-state index is 4.90. The molecule has 0 aliphatic carbocycles. The first-order chi connectivity index (χ1) is 14.9. The van der Waals surface area contributed by atoms with Crippen molar-refractivity contribution in [3.63, 3.8) is 0 Å². The minimum absolute atomic E-state index is 0. The fourth-order valence-electron chi connectivity index (χ4n) is 3.58. The minimum atomic E-state index is 0. The standard InChI is InChI=1S/C25H21N5.2ClH.Co/c1-3-8-20(9-4-1)18-29-16-14-26-24(29)22-12-7-13-23(28-22)25-27-15-17-30(25)19-21-10-5-2-6-11-21;;;/h1-17H,18-19H2;2*1H;/q;;;+2/p-2. The summed E-state index contributed by atoms with van der Waals surface area (Å²) in [5.41, 5.74) is 4.13. The van der Waals surface area contributed by atoms with Crippen LogP contribution in [0.5, 0.6) is 0 Å². The number of hydrogen-bond acceptors (Lipinski definition) is 3. The normalized spacial score (nSPS) is 9.94. The third-order valence-corrected chi connectivity index (χ3v) is 5.03. The number of rotatable bonds is 6. The summed E-state index contributed by atoms with van der Waals surface area (Å²) in [6.07, 6.45) is 7.63. The maximum atomic E-state index is 4.90. The van der Waals surface area contributed by atoms with Crippen molar-refractivity contribution in [3.05, 3.63) is 115 Å². The summed E-state index contributed by atoms with van der Waals surface area (Å²) in [4.78, 5) is 14.0. The van der Waals surface area contributed by atoms with Gasteiger partial charge in [0, 0.05) is 37.9 Å². The zero-order valence-electron chi connectivity index (χ0n) is 17.6. The van der Waals surface area contributed by atoms with E-state index in [1.165, 1.54) is 11.1 Å². The van der Waals surface area contributed by atoms with Gasteiger partial charge in [0.25, 0.3) is 0 Å². The molecule has 3 aromatic heterocycles. The number of hydrogen-bond donors (Lipinski definition) is 0. The molecule has 1 radical (unpaired) electrons. The van der Waals surface area contributed by atoms with Crippen LogP contribution in [0.25, 0.3) is 23.0 Å². The first-order valence-corrected chi connectivity index (χ1v) is 9.95. The third kappa shape index (κ3) is 6.12. The second kappa shape index (κ2) is 12.4. The van der Waals surface area contributed by atoms with Crippen molar-refractivity contribution in [1.29, 1.82) is 0 Å². The summed E-state index contributed by atoms with van der Waals surface area (Å²) in [7, 11) is 0. The van der Waals surface area contributed by atoms with Crippen molar-refractivity contribution < 1.29 is 41.6 Å². The largest absolute Gasteiger partial charge is 2.00 e. The van der Waals surface area contributed by atoms with Gasteiger partial charge in [-0.2, -0.15) is 0 Å². The van der Waals surface area contributed by atoms with Crippen molar-refractivity contribution in [2.75, 3.05) is 0 Å². The molecule has 5 rings (SSSR count). The number of halogens is 2. The molecule has 3 heterocycles. The van der Waals surface area contributed by atoms with E-state index in [1.807, 2.05) is 55.1 Å². The number of imidazole rings is 2. The van der Waals surface area contributed by atoms with Crippen LogP contribution in [-0.2, 0) is 29.9 Å². The fraction of sp³-hybridized carbons (Fsp3) is 0.0800. The van der Waals surface area contributed by atoms with Crippen LogP contribution in [0.2, 0.25) is 0 Å². The summed E-state index contributed by atoms with van der Waals surface area (Å²) in [6.45, 7) is 1.51. The molecule has 5 nitrogen and oxygen atoms in total. The fourth-order valence-corrected chi connectivity index (χ4v) is 3.58. The molecule has 5 aromatic rings. The molecule has 0 fully saturated rings. The topological polar surface area (TPSA) is 48.5 Å². The number of aromatic nitrogens is 5. The van der Waals surface area contributed by atoms with E-state index < -0.39 is 0 Å². The van der Waals surface area contributed by atoms with Gasteiger partial charge in [-0.05, 0) is 23.3 Å². The van der Waals surface area contributed by atoms with E-state index in [2.05, 4.69) is 67.6 Å². The molecule has 0 bridgehead atoms. The van der Waals surface area contributed by atoms with Crippen LogP contribution in [0.15, 0.2) is 104 Å². The molecule has 0 saturated carbocycles. The zero-order chi connectivity index (χ0) is 20.2. The Morgan fingerprint density at radius 2 is 0.970 bits per heavy atom. The predicted molar refractivity (Wildman–Crippen MR) is 118 cm³/mol. The smallest absolute Gasteiger partial charge is 1.00 e. The Hall–Kier alpha value is -2.90. The molecule has 0 spiro atoms. The third-order valence-electron chi connectivity index (χ3n) is 5.03. The monoisotopic (exact) mass is 520 g/mol. The molecule has 8 heteroatoms. The van der Waals surface area contributed by atoms with Crippen molar-refractivity contribution >= 4 is 0 Å². The first-order valence-electron chi connectivity index (χ1n) is 9.95. The summed E-state index contributed by atoms with van der Waals surface area (Å²) in [5.74, 6) is 1.70. The Morgan fingerprint density at radius 3 is 1.39 bits per heavy atom. The van der Waals surface area contributed by atoms with Gasteiger partial charge in [0.2, 0.25) is 0 Å². The van der Waals surface area contributed by atoms with Crippen LogP contribution in [-0.4, -0.2) is 24.1 Å². The van der Waals surface area contributed by atoms with Gasteiger partial charge in [-0.25, -0.2) is 15.0 Å². The average molecular weight is 521 g/mol. The molecular formula is C25H21Cl2CoN5. The number of nitrogens with zero attached hydrogens (tertiary/aromatic N) is 5. The Bertz CT molecular complexity index is 1160. The second-order valence-corrected chi connectivity index (χ2v) is 7.14. The minimum Gasteiger partial charge on any atom is -1.00 e. The maximum Gasteiger partial charge on any atom is 2.00 e. The summed E-state index contributed by atoms with van der Waals surface area (Å²) in [6, 6.07) is 26.8. The van der Waals surface area contributed by atoms with Gasteiger partial charge in [0.15, 0.2) is 11.6 Å². The van der Waals surface area contributed by atoms with Gasteiger partial charge >= 0.3 is 16.8 Å². The van der Waals surface area contributed by atoms with E-state index >= 15 is 0 Å². The van der Waals surface area contributed by atoms with Crippen LogP contribution in [0, 0.1) is 0 Å². The Morgan fingerprint density at radius 1 is 0.545 bits per heavy atom. The van der Waals surface area contributed by atoms with Crippen molar-refractivity contribution in [1.82, 2.24) is 24.1 Å². The van der Waals surface area contributed by atoms with Crippen LogP contribution >= 0.6 is 0 Å². The molecule has 0 unspecified atom stereocenters. The summed E-state index contributed by atoms with van der Waals surface area (Å²) in [5, 5.41) is 0. The predicted octanol–water partition coefficient (Wildman–Crippen LogP) is -1.09. The first kappa shape index (κ1) is 26.3. The molecular weight excluding hydrogens is 500 g/mol. The van der Waals surface area contributed by atoms with Crippen molar-refractivity contribution in [3.8, 4) is 23.0 Å². The summed E-state index contributed by atoms with van der Waals surface area (Å²) < 4.78 is 4.25. The molecule has 169 valence electrons. The average Bonchev–Trinajstić information content (AvgIpc) is 3.45. The van der Waals surface area contributed by atoms with Gasteiger partial charge in [0.05, 0.1) is 0 Å². The van der Waals surface area contributed by atoms with Gasteiger partial charge in [-0.15, -0.1) is 0 Å².